The molecule has 0 radical (unpaired) electrons. The lowest BCUT2D eigenvalue weighted by Crippen LogP contribution is -2.31. The lowest BCUT2D eigenvalue weighted by molar-refractivity contribution is 0.570. The third-order valence-electron chi connectivity index (χ3n) is 3.23. The van der Waals surface area contributed by atoms with Crippen LogP contribution in [0.3, 0.4) is 0 Å². The van der Waals surface area contributed by atoms with Crippen molar-refractivity contribution >= 4 is 10.8 Å². The summed E-state index contributed by atoms with van der Waals surface area (Å²) < 4.78 is 11.9. The molecule has 1 N–H and O–H groups in total. The van der Waals surface area contributed by atoms with Gasteiger partial charge in [0, 0.05) is 22.6 Å². The Hall–Kier alpha value is -0.670. The quantitative estimate of drug-likeness (QED) is 0.844. The lowest BCUT2D eigenvalue weighted by atomic mass is 10.0. The fraction of sp³-hybridized carbons (Fsp3) is 0.571. The molecule has 0 aliphatic carbocycles. The van der Waals surface area contributed by atoms with Crippen LogP contribution < -0.4 is 5.32 Å². The van der Waals surface area contributed by atoms with E-state index >= 15 is 0 Å². The number of rotatable bonds is 6. The number of nitrogens with one attached hydrogen (secondary N) is 1. The van der Waals surface area contributed by atoms with Crippen LogP contribution in [0.2, 0.25) is 0 Å². The van der Waals surface area contributed by atoms with Crippen LogP contribution in [0.1, 0.15) is 37.9 Å². The fourth-order valence-corrected chi connectivity index (χ4v) is 3.17. The highest BCUT2D eigenvalue weighted by molar-refractivity contribution is 7.85. The third kappa shape index (κ3) is 3.65. The summed E-state index contributed by atoms with van der Waals surface area (Å²) >= 11 is 0. The van der Waals surface area contributed by atoms with Gasteiger partial charge in [0.15, 0.2) is 0 Å². The SMILES string of the molecule is CCc1ccc(C(NC)C(C)S(=O)CC)cc1. The zero-order valence-electron chi connectivity index (χ0n) is 11.2. The molecule has 0 heterocycles. The van der Waals surface area contributed by atoms with Crippen LogP contribution in [-0.4, -0.2) is 22.3 Å². The Morgan fingerprint density at radius 1 is 1.24 bits per heavy atom. The Labute approximate surface area is 107 Å². The van der Waals surface area contributed by atoms with E-state index < -0.39 is 10.8 Å². The summed E-state index contributed by atoms with van der Waals surface area (Å²) in [5, 5.41) is 3.41. The lowest BCUT2D eigenvalue weighted by Gasteiger charge is -2.23. The van der Waals surface area contributed by atoms with Crippen LogP contribution in [0.25, 0.3) is 0 Å². The van der Waals surface area contributed by atoms with Crippen LogP contribution >= 0.6 is 0 Å². The molecule has 1 aromatic carbocycles. The predicted octanol–water partition coefficient (Wildman–Crippen LogP) is 2.67. The Kier molecular flexibility index (Phi) is 5.86. The van der Waals surface area contributed by atoms with Crippen LogP contribution in [0.15, 0.2) is 24.3 Å². The Morgan fingerprint density at radius 2 is 1.82 bits per heavy atom. The maximum absolute atomic E-state index is 11.9. The van der Waals surface area contributed by atoms with E-state index in [2.05, 4.69) is 43.4 Å². The highest BCUT2D eigenvalue weighted by Crippen LogP contribution is 2.21. The summed E-state index contributed by atoms with van der Waals surface area (Å²) in [6.45, 7) is 6.17. The summed E-state index contributed by atoms with van der Waals surface area (Å²) in [6.07, 6.45) is 1.06. The average molecular weight is 253 g/mol. The molecule has 0 saturated carbocycles. The van der Waals surface area contributed by atoms with E-state index in [0.29, 0.717) is 5.75 Å². The normalized spacial score (nSPS) is 16.5. The minimum Gasteiger partial charge on any atom is -0.312 e. The summed E-state index contributed by atoms with van der Waals surface area (Å²) in [4.78, 5) is 0. The highest BCUT2D eigenvalue weighted by Gasteiger charge is 2.21. The van der Waals surface area contributed by atoms with Gasteiger partial charge in [-0.1, -0.05) is 38.1 Å². The van der Waals surface area contributed by atoms with Gasteiger partial charge in [-0.3, -0.25) is 4.21 Å². The summed E-state index contributed by atoms with van der Waals surface area (Å²) in [6, 6.07) is 8.76. The van der Waals surface area contributed by atoms with E-state index in [1.54, 1.807) is 0 Å². The monoisotopic (exact) mass is 253 g/mol. The first-order valence-electron chi connectivity index (χ1n) is 6.27. The minimum absolute atomic E-state index is 0.137. The first-order chi connectivity index (χ1) is 8.13. The molecule has 0 aromatic heterocycles. The maximum Gasteiger partial charge on any atom is 0.0514 e. The molecule has 0 aliphatic heterocycles. The molecular weight excluding hydrogens is 230 g/mol. The largest absolute Gasteiger partial charge is 0.312 e. The Balaban J connectivity index is 2.89. The van der Waals surface area contributed by atoms with Gasteiger partial charge in [-0.15, -0.1) is 0 Å². The van der Waals surface area contributed by atoms with Crippen molar-refractivity contribution < 1.29 is 4.21 Å². The van der Waals surface area contributed by atoms with Crippen molar-refractivity contribution in [3.8, 4) is 0 Å². The fourth-order valence-electron chi connectivity index (χ4n) is 2.05. The van der Waals surface area contributed by atoms with Crippen LogP contribution in [-0.2, 0) is 17.2 Å². The molecular formula is C14H23NOS. The topological polar surface area (TPSA) is 29.1 Å². The molecule has 0 spiro atoms. The van der Waals surface area contributed by atoms with Crippen molar-refractivity contribution in [2.24, 2.45) is 0 Å². The number of hydrogen-bond donors (Lipinski definition) is 1. The summed E-state index contributed by atoms with van der Waals surface area (Å²) in [5.74, 6) is 0.715. The average Bonchev–Trinajstić information content (AvgIpc) is 2.39. The molecule has 0 aliphatic rings. The number of hydrogen-bond acceptors (Lipinski definition) is 2. The zero-order chi connectivity index (χ0) is 12.8. The summed E-state index contributed by atoms with van der Waals surface area (Å²) in [7, 11) is 1.16. The number of aryl methyl sites for hydroxylation is 1. The second-order valence-corrected chi connectivity index (χ2v) is 6.32. The van der Waals surface area contributed by atoms with Gasteiger partial charge >= 0.3 is 0 Å². The molecule has 2 nitrogen and oxygen atoms in total. The molecule has 17 heavy (non-hydrogen) atoms. The van der Waals surface area contributed by atoms with E-state index in [-0.39, 0.29) is 11.3 Å². The van der Waals surface area contributed by atoms with Crippen LogP contribution in [0, 0.1) is 0 Å². The van der Waals surface area contributed by atoms with Gasteiger partial charge in [0.1, 0.15) is 0 Å². The van der Waals surface area contributed by atoms with Gasteiger partial charge in [-0.2, -0.15) is 0 Å². The molecule has 0 saturated heterocycles. The highest BCUT2D eigenvalue weighted by atomic mass is 32.2. The van der Waals surface area contributed by atoms with Gasteiger partial charge in [0.25, 0.3) is 0 Å². The second kappa shape index (κ2) is 6.92. The molecule has 96 valence electrons. The minimum atomic E-state index is -0.772. The molecule has 3 atom stereocenters. The van der Waals surface area contributed by atoms with Crippen molar-refractivity contribution in [1.29, 1.82) is 0 Å². The predicted molar refractivity (Wildman–Crippen MR) is 75.8 cm³/mol. The summed E-state index contributed by atoms with van der Waals surface area (Å²) in [5.41, 5.74) is 2.56. The van der Waals surface area contributed by atoms with E-state index in [9.17, 15) is 4.21 Å². The van der Waals surface area contributed by atoms with Gasteiger partial charge in [-0.25, -0.2) is 0 Å². The van der Waals surface area contributed by atoms with Gasteiger partial charge in [0.05, 0.1) is 5.25 Å². The van der Waals surface area contributed by atoms with Crippen LogP contribution in [0.4, 0.5) is 0 Å². The van der Waals surface area contributed by atoms with Gasteiger partial charge in [-0.05, 0) is 31.5 Å². The maximum atomic E-state index is 11.9. The van der Waals surface area contributed by atoms with Crippen molar-refractivity contribution in [1.82, 2.24) is 5.32 Å². The van der Waals surface area contributed by atoms with E-state index in [1.807, 2.05) is 14.0 Å². The van der Waals surface area contributed by atoms with Gasteiger partial charge < -0.3 is 5.32 Å². The smallest absolute Gasteiger partial charge is 0.0514 e. The van der Waals surface area contributed by atoms with E-state index in [4.69, 9.17) is 0 Å². The standard InChI is InChI=1S/C14H23NOS/c1-5-12-7-9-13(10-8-12)14(15-4)11(3)17(16)6-2/h7-11,14-15H,5-6H2,1-4H3. The molecule has 0 fully saturated rings. The van der Waals surface area contributed by atoms with E-state index in [1.165, 1.54) is 11.1 Å². The number of benzene rings is 1. The molecule has 1 aromatic rings. The van der Waals surface area contributed by atoms with Crippen molar-refractivity contribution in [3.63, 3.8) is 0 Å². The molecule has 1 rings (SSSR count). The first-order valence-corrected chi connectivity index (χ1v) is 7.65. The Bertz CT molecular complexity index is 361. The molecule has 3 heteroatoms. The van der Waals surface area contributed by atoms with Gasteiger partial charge in [0.2, 0.25) is 0 Å². The third-order valence-corrected chi connectivity index (χ3v) is 4.90. The van der Waals surface area contributed by atoms with Crippen molar-refractivity contribution in [2.45, 2.75) is 38.5 Å². The molecule has 3 unspecified atom stereocenters. The molecule has 0 amide bonds. The Morgan fingerprint density at radius 3 is 2.24 bits per heavy atom. The molecule has 0 bridgehead atoms. The van der Waals surface area contributed by atoms with Crippen molar-refractivity contribution in [2.75, 3.05) is 12.8 Å². The van der Waals surface area contributed by atoms with E-state index in [0.717, 1.165) is 6.42 Å². The second-order valence-electron chi connectivity index (χ2n) is 4.24. The van der Waals surface area contributed by atoms with Crippen molar-refractivity contribution in [3.05, 3.63) is 35.4 Å². The van der Waals surface area contributed by atoms with Crippen LogP contribution in [0.5, 0.6) is 0 Å². The first kappa shape index (κ1) is 14.4. The zero-order valence-corrected chi connectivity index (χ0v) is 12.0.